The second kappa shape index (κ2) is 6.58. The third kappa shape index (κ3) is 3.40. The molecule has 0 radical (unpaired) electrons. The molecule has 0 aromatic heterocycles. The second-order valence-corrected chi connectivity index (χ2v) is 6.01. The van der Waals surface area contributed by atoms with Gasteiger partial charge in [-0.05, 0) is 43.9 Å². The van der Waals surface area contributed by atoms with Crippen LogP contribution in [0.25, 0.3) is 0 Å². The molecule has 2 nitrogen and oxygen atoms in total. The number of hydrogen-bond donors (Lipinski definition) is 1. The summed E-state index contributed by atoms with van der Waals surface area (Å²) in [7, 11) is 0. The van der Waals surface area contributed by atoms with Crippen molar-refractivity contribution in [1.82, 2.24) is 0 Å². The summed E-state index contributed by atoms with van der Waals surface area (Å²) in [6.07, 6.45) is 6.27. The molecule has 0 spiro atoms. The summed E-state index contributed by atoms with van der Waals surface area (Å²) in [6.45, 7) is 3.33. The number of anilines is 1. The smallest absolute Gasteiger partial charge is 0.104 e. The molecule has 104 valence electrons. The van der Waals surface area contributed by atoms with Crippen LogP contribution in [0.2, 0.25) is 5.02 Å². The van der Waals surface area contributed by atoms with Gasteiger partial charge in [0.15, 0.2) is 0 Å². The largest absolute Gasteiger partial charge is 0.389 e. The molecule has 2 N–H and O–H groups in total. The van der Waals surface area contributed by atoms with Crippen LogP contribution in [0.4, 0.5) is 5.69 Å². The van der Waals surface area contributed by atoms with E-state index in [0.29, 0.717) is 11.0 Å². The van der Waals surface area contributed by atoms with E-state index in [4.69, 9.17) is 29.6 Å². The van der Waals surface area contributed by atoms with E-state index in [1.807, 2.05) is 12.1 Å². The fourth-order valence-corrected chi connectivity index (χ4v) is 3.26. The number of halogens is 1. The molecule has 4 heteroatoms. The summed E-state index contributed by atoms with van der Waals surface area (Å²) < 4.78 is 0. The van der Waals surface area contributed by atoms with E-state index >= 15 is 0 Å². The Balaban J connectivity index is 2.26. The molecule has 0 bridgehead atoms. The van der Waals surface area contributed by atoms with E-state index in [2.05, 4.69) is 17.9 Å². The van der Waals surface area contributed by atoms with Crippen LogP contribution in [0.15, 0.2) is 18.2 Å². The summed E-state index contributed by atoms with van der Waals surface area (Å²) in [5.41, 5.74) is 7.61. The van der Waals surface area contributed by atoms with Crippen LogP contribution >= 0.6 is 23.8 Å². The molecule has 1 aliphatic heterocycles. The topological polar surface area (TPSA) is 29.3 Å². The Morgan fingerprint density at radius 2 is 2.26 bits per heavy atom. The normalized spacial score (nSPS) is 19.5. The zero-order valence-electron chi connectivity index (χ0n) is 11.4. The lowest BCUT2D eigenvalue weighted by atomic mass is 9.97. The van der Waals surface area contributed by atoms with Gasteiger partial charge in [0.1, 0.15) is 4.99 Å². The number of nitrogens with zero attached hydrogens (tertiary/aromatic N) is 1. The highest BCUT2D eigenvalue weighted by atomic mass is 35.5. The molecule has 1 heterocycles. The minimum absolute atomic E-state index is 0.400. The molecule has 1 fully saturated rings. The van der Waals surface area contributed by atoms with Crippen molar-refractivity contribution in [1.29, 1.82) is 0 Å². The van der Waals surface area contributed by atoms with Crippen molar-refractivity contribution in [3.8, 4) is 0 Å². The minimum atomic E-state index is 0.400. The molecule has 1 aliphatic rings. The summed E-state index contributed by atoms with van der Waals surface area (Å²) in [5, 5.41) is 0.758. The Bertz CT molecular complexity index is 459. The van der Waals surface area contributed by atoms with Gasteiger partial charge in [-0.3, -0.25) is 0 Å². The Labute approximate surface area is 125 Å². The van der Waals surface area contributed by atoms with Crippen molar-refractivity contribution < 1.29 is 0 Å². The second-order valence-electron chi connectivity index (χ2n) is 5.16. The van der Waals surface area contributed by atoms with Gasteiger partial charge in [0.25, 0.3) is 0 Å². The number of hydrogen-bond acceptors (Lipinski definition) is 2. The van der Waals surface area contributed by atoms with Crippen molar-refractivity contribution in [2.45, 2.75) is 45.1 Å². The zero-order valence-corrected chi connectivity index (χ0v) is 12.9. The number of nitrogens with two attached hydrogens (primary N) is 1. The lowest BCUT2D eigenvalue weighted by molar-refractivity contribution is 0.435. The van der Waals surface area contributed by atoms with Gasteiger partial charge in [-0.25, -0.2) is 0 Å². The van der Waals surface area contributed by atoms with E-state index in [-0.39, 0.29) is 0 Å². The molecule has 0 saturated carbocycles. The van der Waals surface area contributed by atoms with Gasteiger partial charge < -0.3 is 10.6 Å². The van der Waals surface area contributed by atoms with E-state index in [1.165, 1.54) is 32.1 Å². The summed E-state index contributed by atoms with van der Waals surface area (Å²) in [5.74, 6) is 0. The maximum absolute atomic E-state index is 6.42. The highest BCUT2D eigenvalue weighted by Gasteiger charge is 2.23. The molecule has 2 rings (SSSR count). The van der Waals surface area contributed by atoms with E-state index in [1.54, 1.807) is 0 Å². The van der Waals surface area contributed by atoms with Gasteiger partial charge in [-0.1, -0.05) is 37.2 Å². The SMILES string of the molecule is CCCC1CCCCN1c1ccc(C(N)=S)cc1Cl. The molecule has 19 heavy (non-hydrogen) atoms. The lowest BCUT2D eigenvalue weighted by Crippen LogP contribution is -2.39. The third-order valence-corrected chi connectivity index (χ3v) is 4.33. The van der Waals surface area contributed by atoms with Crippen molar-refractivity contribution in [2.75, 3.05) is 11.4 Å². The summed E-state index contributed by atoms with van der Waals surface area (Å²) in [4.78, 5) is 2.86. The van der Waals surface area contributed by atoms with Gasteiger partial charge in [-0.2, -0.15) is 0 Å². The quantitative estimate of drug-likeness (QED) is 0.847. The van der Waals surface area contributed by atoms with E-state index in [9.17, 15) is 0 Å². The predicted octanol–water partition coefficient (Wildman–Crippen LogP) is 4.13. The third-order valence-electron chi connectivity index (χ3n) is 3.79. The zero-order chi connectivity index (χ0) is 13.8. The molecule has 1 aromatic carbocycles. The first-order chi connectivity index (χ1) is 9.13. The van der Waals surface area contributed by atoms with Gasteiger partial charge >= 0.3 is 0 Å². The molecule has 0 amide bonds. The summed E-state index contributed by atoms with van der Waals surface area (Å²) >= 11 is 11.4. The van der Waals surface area contributed by atoms with E-state index in [0.717, 1.165) is 22.8 Å². The lowest BCUT2D eigenvalue weighted by Gasteiger charge is -2.38. The fraction of sp³-hybridized carbons (Fsp3) is 0.533. The van der Waals surface area contributed by atoms with Crippen molar-refractivity contribution in [3.05, 3.63) is 28.8 Å². The fourth-order valence-electron chi connectivity index (χ4n) is 2.84. The Morgan fingerprint density at radius 1 is 1.47 bits per heavy atom. The maximum atomic E-state index is 6.42. The minimum Gasteiger partial charge on any atom is -0.389 e. The summed E-state index contributed by atoms with van der Waals surface area (Å²) in [6, 6.07) is 6.54. The molecule has 1 unspecified atom stereocenters. The van der Waals surface area contributed by atoms with Crippen LogP contribution in [-0.2, 0) is 0 Å². The average molecular weight is 297 g/mol. The van der Waals surface area contributed by atoms with Crippen molar-refractivity contribution >= 4 is 34.5 Å². The first kappa shape index (κ1) is 14.6. The molecular formula is C15H21ClN2S. The van der Waals surface area contributed by atoms with Crippen molar-refractivity contribution in [3.63, 3.8) is 0 Å². The van der Waals surface area contributed by atoms with Gasteiger partial charge in [0.2, 0.25) is 0 Å². The highest BCUT2D eigenvalue weighted by molar-refractivity contribution is 7.80. The molecule has 1 saturated heterocycles. The van der Waals surface area contributed by atoms with Crippen LogP contribution in [0, 0.1) is 0 Å². The molecule has 1 aromatic rings. The number of benzene rings is 1. The highest BCUT2D eigenvalue weighted by Crippen LogP contribution is 2.33. The molecule has 1 atom stereocenters. The van der Waals surface area contributed by atoms with Gasteiger partial charge in [-0.15, -0.1) is 0 Å². The molecule has 0 aliphatic carbocycles. The van der Waals surface area contributed by atoms with Crippen LogP contribution in [0.5, 0.6) is 0 Å². The standard InChI is InChI=1S/C15H21ClN2S/c1-2-5-12-6-3-4-9-18(12)14-8-7-11(15(17)19)10-13(14)16/h7-8,10,12H,2-6,9H2,1H3,(H2,17,19). The Kier molecular flexibility index (Phi) is 5.06. The van der Waals surface area contributed by atoms with Gasteiger partial charge in [0, 0.05) is 18.2 Å². The number of thiocarbonyl (C=S) groups is 1. The Morgan fingerprint density at radius 3 is 2.89 bits per heavy atom. The van der Waals surface area contributed by atoms with Crippen LogP contribution in [0.3, 0.4) is 0 Å². The number of rotatable bonds is 4. The first-order valence-corrected chi connectivity index (χ1v) is 7.78. The van der Waals surface area contributed by atoms with Crippen LogP contribution in [0.1, 0.15) is 44.6 Å². The van der Waals surface area contributed by atoms with Crippen LogP contribution < -0.4 is 10.6 Å². The number of piperidine rings is 1. The van der Waals surface area contributed by atoms with Crippen LogP contribution in [-0.4, -0.2) is 17.6 Å². The Hall–Kier alpha value is -0.800. The van der Waals surface area contributed by atoms with Crippen molar-refractivity contribution in [2.24, 2.45) is 5.73 Å². The van der Waals surface area contributed by atoms with Gasteiger partial charge in [0.05, 0.1) is 10.7 Å². The molecular weight excluding hydrogens is 276 g/mol. The maximum Gasteiger partial charge on any atom is 0.104 e. The predicted molar refractivity (Wildman–Crippen MR) is 87.2 cm³/mol. The van der Waals surface area contributed by atoms with E-state index < -0.39 is 0 Å². The monoisotopic (exact) mass is 296 g/mol. The average Bonchev–Trinajstić information content (AvgIpc) is 2.40. The first-order valence-electron chi connectivity index (χ1n) is 6.99.